The second-order valence-electron chi connectivity index (χ2n) is 4.01. The van der Waals surface area contributed by atoms with Crippen LogP contribution in [0.2, 0.25) is 0 Å². The fraction of sp³-hybridized carbons (Fsp3) is 0.727. The lowest BCUT2D eigenvalue weighted by Crippen LogP contribution is -2.43. The Hall–Kier alpha value is -1.71. The Morgan fingerprint density at radius 2 is 1.90 bits per heavy atom. The molecule has 0 aliphatic carbocycles. The highest BCUT2D eigenvalue weighted by molar-refractivity contribution is 5.85. The molecule has 0 heterocycles. The lowest BCUT2D eigenvalue weighted by molar-refractivity contribution is -0.138. The monoisotopic (exact) mass is 290 g/mol. The van der Waals surface area contributed by atoms with E-state index in [1.54, 1.807) is 0 Å². The number of carbonyl (C=O) groups is 3. The highest BCUT2D eigenvalue weighted by atomic mass is 16.5. The van der Waals surface area contributed by atoms with Crippen LogP contribution in [-0.2, 0) is 19.1 Å². The molecule has 7 N–H and O–H groups in total. The van der Waals surface area contributed by atoms with E-state index in [1.165, 1.54) is 0 Å². The first kappa shape index (κ1) is 18.3. The first-order chi connectivity index (χ1) is 9.47. The summed E-state index contributed by atoms with van der Waals surface area (Å²) in [6, 6.07) is -0.909. The third-order valence-electron chi connectivity index (χ3n) is 2.26. The quantitative estimate of drug-likeness (QED) is 0.261. The van der Waals surface area contributed by atoms with Crippen LogP contribution >= 0.6 is 0 Å². The first-order valence-corrected chi connectivity index (χ1v) is 6.27. The van der Waals surface area contributed by atoms with Crippen LogP contribution in [0.1, 0.15) is 12.8 Å². The van der Waals surface area contributed by atoms with Gasteiger partial charge < -0.3 is 31.9 Å². The third-order valence-corrected chi connectivity index (χ3v) is 2.26. The number of aliphatic carboxylic acids is 1. The van der Waals surface area contributed by atoms with E-state index < -0.39 is 24.5 Å². The van der Waals surface area contributed by atoms with Crippen molar-refractivity contribution in [2.75, 3.05) is 32.8 Å². The number of nitrogens with one attached hydrogen (secondary N) is 2. The number of hydrogen-bond donors (Lipinski definition) is 5. The Bertz CT molecular complexity index is 324. The topological polar surface area (TPSA) is 157 Å². The molecule has 0 aromatic heterocycles. The number of nitrogens with two attached hydrogens (primary N) is 2. The molecule has 9 heteroatoms. The van der Waals surface area contributed by atoms with Gasteiger partial charge in [-0.25, -0.2) is 0 Å². The van der Waals surface area contributed by atoms with Gasteiger partial charge in [-0.05, 0) is 6.42 Å². The summed E-state index contributed by atoms with van der Waals surface area (Å²) in [5.41, 5.74) is 10.7. The van der Waals surface area contributed by atoms with Gasteiger partial charge in [0.25, 0.3) is 0 Å². The normalized spacial score (nSPS) is 11.7. The molecule has 2 amide bonds. The van der Waals surface area contributed by atoms with Gasteiger partial charge in [0.05, 0.1) is 19.3 Å². The second kappa shape index (κ2) is 11.1. The Morgan fingerprint density at radius 3 is 2.50 bits per heavy atom. The van der Waals surface area contributed by atoms with Crippen molar-refractivity contribution in [3.63, 3.8) is 0 Å². The molecule has 116 valence electrons. The van der Waals surface area contributed by atoms with E-state index >= 15 is 0 Å². The Balaban J connectivity index is 3.66. The largest absolute Gasteiger partial charge is 0.480 e. The highest BCUT2D eigenvalue weighted by Gasteiger charge is 2.15. The van der Waals surface area contributed by atoms with Crippen molar-refractivity contribution >= 4 is 17.8 Å². The molecule has 0 aliphatic rings. The zero-order valence-electron chi connectivity index (χ0n) is 11.3. The highest BCUT2D eigenvalue weighted by Crippen LogP contribution is 1.94. The minimum absolute atomic E-state index is 0.0819. The van der Waals surface area contributed by atoms with E-state index in [-0.39, 0.29) is 18.7 Å². The molecule has 0 fully saturated rings. The molecule has 0 radical (unpaired) electrons. The van der Waals surface area contributed by atoms with Crippen LogP contribution in [0, 0.1) is 0 Å². The van der Waals surface area contributed by atoms with E-state index in [2.05, 4.69) is 10.6 Å². The predicted octanol–water partition coefficient (Wildman–Crippen LogP) is -2.61. The molecule has 0 bridgehead atoms. The summed E-state index contributed by atoms with van der Waals surface area (Å²) in [5, 5.41) is 13.1. The van der Waals surface area contributed by atoms with Crippen molar-refractivity contribution in [2.24, 2.45) is 11.5 Å². The third kappa shape index (κ3) is 10.2. The Morgan fingerprint density at radius 1 is 1.20 bits per heavy atom. The smallest absolute Gasteiger partial charge is 0.322 e. The average Bonchev–Trinajstić information content (AvgIpc) is 2.41. The second-order valence-corrected chi connectivity index (χ2v) is 4.01. The summed E-state index contributed by atoms with van der Waals surface area (Å²) in [4.78, 5) is 33.0. The van der Waals surface area contributed by atoms with Crippen LogP contribution in [0.15, 0.2) is 0 Å². The van der Waals surface area contributed by atoms with Gasteiger partial charge >= 0.3 is 5.97 Å². The van der Waals surface area contributed by atoms with Crippen LogP contribution in [-0.4, -0.2) is 61.8 Å². The van der Waals surface area contributed by atoms with Gasteiger partial charge in [0, 0.05) is 19.5 Å². The average molecular weight is 290 g/mol. The van der Waals surface area contributed by atoms with E-state index in [4.69, 9.17) is 21.3 Å². The molecule has 0 spiro atoms. The van der Waals surface area contributed by atoms with E-state index in [0.717, 1.165) is 0 Å². The van der Waals surface area contributed by atoms with Crippen molar-refractivity contribution in [1.29, 1.82) is 0 Å². The van der Waals surface area contributed by atoms with Gasteiger partial charge in [-0.1, -0.05) is 0 Å². The number of hydrogen-bond acceptors (Lipinski definition) is 6. The van der Waals surface area contributed by atoms with Crippen LogP contribution in [0.3, 0.4) is 0 Å². The fourth-order valence-corrected chi connectivity index (χ4v) is 1.25. The first-order valence-electron chi connectivity index (χ1n) is 6.27. The lowest BCUT2D eigenvalue weighted by atomic mass is 10.1. The zero-order valence-corrected chi connectivity index (χ0v) is 11.3. The van der Waals surface area contributed by atoms with Crippen LogP contribution in [0.4, 0.5) is 0 Å². The Kier molecular flexibility index (Phi) is 10.2. The maximum atomic E-state index is 11.4. The standard InChI is InChI=1S/C11H22N4O5/c12-3-5-20-6-4-14-9(16)2-1-8(13)11(19)15-7-10(17)18/h8H,1-7,12-13H2,(H,14,16)(H,15,19)(H,17,18). The molecule has 0 saturated heterocycles. The lowest BCUT2D eigenvalue weighted by Gasteiger charge is -2.11. The van der Waals surface area contributed by atoms with Crippen LogP contribution in [0.25, 0.3) is 0 Å². The summed E-state index contributed by atoms with van der Waals surface area (Å²) in [6.07, 6.45) is 0.222. The molecular weight excluding hydrogens is 268 g/mol. The maximum Gasteiger partial charge on any atom is 0.322 e. The Labute approximate surface area is 117 Å². The van der Waals surface area contributed by atoms with Crippen molar-refractivity contribution in [3.8, 4) is 0 Å². The van der Waals surface area contributed by atoms with E-state index in [0.29, 0.717) is 26.3 Å². The summed E-state index contributed by atoms with van der Waals surface area (Å²) in [5.74, 6) is -1.99. The number of carboxylic acid groups (broad SMARTS) is 1. The maximum absolute atomic E-state index is 11.4. The number of amides is 2. The molecule has 0 aromatic rings. The summed E-state index contributed by atoms with van der Waals surface area (Å²) >= 11 is 0. The number of carboxylic acids is 1. The molecule has 20 heavy (non-hydrogen) atoms. The number of rotatable bonds is 11. The van der Waals surface area contributed by atoms with E-state index in [1.807, 2.05) is 0 Å². The van der Waals surface area contributed by atoms with Crippen molar-refractivity contribution in [1.82, 2.24) is 10.6 Å². The minimum atomic E-state index is -1.15. The van der Waals surface area contributed by atoms with Crippen molar-refractivity contribution < 1.29 is 24.2 Å². The van der Waals surface area contributed by atoms with Gasteiger partial charge in [0.2, 0.25) is 11.8 Å². The van der Waals surface area contributed by atoms with Crippen LogP contribution < -0.4 is 22.1 Å². The minimum Gasteiger partial charge on any atom is -0.480 e. The van der Waals surface area contributed by atoms with Gasteiger partial charge in [0.1, 0.15) is 6.54 Å². The number of carbonyl (C=O) groups excluding carboxylic acids is 2. The van der Waals surface area contributed by atoms with E-state index in [9.17, 15) is 14.4 Å². The fourth-order valence-electron chi connectivity index (χ4n) is 1.25. The SMILES string of the molecule is NCCOCCNC(=O)CCC(N)C(=O)NCC(=O)O. The predicted molar refractivity (Wildman–Crippen MR) is 70.7 cm³/mol. The molecule has 0 rings (SSSR count). The summed E-state index contributed by atoms with van der Waals surface area (Å²) < 4.78 is 5.07. The summed E-state index contributed by atoms with van der Waals surface area (Å²) in [6.45, 7) is 1.10. The van der Waals surface area contributed by atoms with Gasteiger partial charge in [-0.3, -0.25) is 14.4 Å². The van der Waals surface area contributed by atoms with Crippen molar-refractivity contribution in [3.05, 3.63) is 0 Å². The molecule has 9 nitrogen and oxygen atoms in total. The summed E-state index contributed by atoms with van der Waals surface area (Å²) in [7, 11) is 0. The zero-order chi connectivity index (χ0) is 15.4. The van der Waals surface area contributed by atoms with Crippen molar-refractivity contribution in [2.45, 2.75) is 18.9 Å². The molecule has 1 atom stereocenters. The molecule has 0 saturated carbocycles. The van der Waals surface area contributed by atoms with Crippen LogP contribution in [0.5, 0.6) is 0 Å². The van der Waals surface area contributed by atoms with Gasteiger partial charge in [-0.2, -0.15) is 0 Å². The number of ether oxygens (including phenoxy) is 1. The molecule has 1 unspecified atom stereocenters. The van der Waals surface area contributed by atoms with Gasteiger partial charge in [0.15, 0.2) is 0 Å². The molecular formula is C11H22N4O5. The molecule has 0 aromatic carbocycles. The molecule has 0 aliphatic heterocycles. The van der Waals surface area contributed by atoms with Gasteiger partial charge in [-0.15, -0.1) is 0 Å².